The molecule has 1 aromatic rings. The second kappa shape index (κ2) is 4.99. The zero-order chi connectivity index (χ0) is 13.2. The molecule has 0 aliphatic carbocycles. The first-order chi connectivity index (χ1) is 7.84. The zero-order valence-electron chi connectivity index (χ0n) is 10.4. The topological polar surface area (TPSA) is 95.1 Å². The minimum Gasteiger partial charge on any atom is -0.481 e. The van der Waals surface area contributed by atoms with Crippen LogP contribution >= 0.6 is 0 Å². The third-order valence-corrected chi connectivity index (χ3v) is 2.93. The molecule has 0 bridgehead atoms. The van der Waals surface area contributed by atoms with Crippen LogP contribution in [0.5, 0.6) is 0 Å². The number of carbonyl (C=O) groups is 2. The van der Waals surface area contributed by atoms with Crippen molar-refractivity contribution in [1.29, 1.82) is 0 Å². The third-order valence-electron chi connectivity index (χ3n) is 2.93. The maximum Gasteiger partial charge on any atom is 0.307 e. The van der Waals surface area contributed by atoms with Crippen molar-refractivity contribution in [2.75, 3.05) is 5.32 Å². The molecule has 0 saturated carbocycles. The minimum atomic E-state index is -0.978. The van der Waals surface area contributed by atoms with Crippen molar-refractivity contribution in [2.24, 2.45) is 11.8 Å². The number of H-pyrrole nitrogens is 1. The highest BCUT2D eigenvalue weighted by atomic mass is 16.4. The normalized spacial score (nSPS) is 14.1. The van der Waals surface area contributed by atoms with Crippen molar-refractivity contribution in [1.82, 2.24) is 10.2 Å². The van der Waals surface area contributed by atoms with E-state index in [0.717, 1.165) is 5.69 Å². The van der Waals surface area contributed by atoms with E-state index >= 15 is 0 Å². The van der Waals surface area contributed by atoms with Gasteiger partial charge in [0.25, 0.3) is 0 Å². The summed E-state index contributed by atoms with van der Waals surface area (Å²) >= 11 is 0. The van der Waals surface area contributed by atoms with Crippen molar-refractivity contribution in [3.8, 4) is 0 Å². The Morgan fingerprint density at radius 3 is 2.29 bits per heavy atom. The zero-order valence-corrected chi connectivity index (χ0v) is 10.4. The molecule has 6 nitrogen and oxygen atoms in total. The van der Waals surface area contributed by atoms with Crippen LogP contribution < -0.4 is 5.32 Å². The summed E-state index contributed by atoms with van der Waals surface area (Å²) in [5.74, 6) is -2.61. The molecule has 1 rings (SSSR count). The summed E-state index contributed by atoms with van der Waals surface area (Å²) in [5, 5.41) is 18.2. The highest BCUT2D eigenvalue weighted by Gasteiger charge is 2.26. The molecule has 0 radical (unpaired) electrons. The summed E-state index contributed by atoms with van der Waals surface area (Å²) in [6, 6.07) is 0. The first kappa shape index (κ1) is 13.2. The van der Waals surface area contributed by atoms with Crippen LogP contribution in [-0.4, -0.2) is 27.2 Å². The fourth-order valence-electron chi connectivity index (χ4n) is 1.41. The molecule has 17 heavy (non-hydrogen) atoms. The molecule has 1 amide bonds. The molecule has 0 aliphatic heterocycles. The van der Waals surface area contributed by atoms with Crippen molar-refractivity contribution in [2.45, 2.75) is 27.7 Å². The van der Waals surface area contributed by atoms with E-state index in [2.05, 4.69) is 15.5 Å². The van der Waals surface area contributed by atoms with Crippen molar-refractivity contribution >= 4 is 17.6 Å². The Bertz CT molecular complexity index is 420. The molecule has 0 saturated heterocycles. The van der Waals surface area contributed by atoms with Gasteiger partial charge in [-0.2, -0.15) is 5.10 Å². The number of aryl methyl sites for hydroxylation is 2. The highest BCUT2D eigenvalue weighted by Crippen LogP contribution is 2.19. The molecule has 3 N–H and O–H groups in total. The number of aromatic nitrogens is 2. The van der Waals surface area contributed by atoms with E-state index in [1.807, 2.05) is 0 Å². The van der Waals surface area contributed by atoms with Crippen LogP contribution in [0.1, 0.15) is 25.2 Å². The first-order valence-electron chi connectivity index (χ1n) is 5.39. The maximum atomic E-state index is 11.8. The lowest BCUT2D eigenvalue weighted by atomic mass is 9.95. The number of aliphatic carboxylic acids is 1. The van der Waals surface area contributed by atoms with E-state index in [1.165, 1.54) is 6.92 Å². The van der Waals surface area contributed by atoms with Crippen LogP contribution in [0.25, 0.3) is 0 Å². The van der Waals surface area contributed by atoms with Crippen molar-refractivity contribution < 1.29 is 14.7 Å². The quantitative estimate of drug-likeness (QED) is 0.738. The lowest BCUT2D eigenvalue weighted by Crippen LogP contribution is -2.30. The molecule has 1 aromatic heterocycles. The van der Waals surface area contributed by atoms with Crippen LogP contribution in [-0.2, 0) is 9.59 Å². The number of hydrogen-bond donors (Lipinski definition) is 3. The number of hydrogen-bond acceptors (Lipinski definition) is 3. The highest BCUT2D eigenvalue weighted by molar-refractivity contribution is 5.95. The summed E-state index contributed by atoms with van der Waals surface area (Å²) in [6.07, 6.45) is 0. The number of aromatic amines is 1. The molecule has 0 fully saturated rings. The van der Waals surface area contributed by atoms with Gasteiger partial charge in [-0.25, -0.2) is 0 Å². The van der Waals surface area contributed by atoms with E-state index < -0.39 is 17.8 Å². The molecule has 0 aromatic carbocycles. The third kappa shape index (κ3) is 2.83. The van der Waals surface area contributed by atoms with E-state index in [0.29, 0.717) is 11.4 Å². The van der Waals surface area contributed by atoms with Gasteiger partial charge in [-0.15, -0.1) is 0 Å². The number of nitrogens with zero attached hydrogens (tertiary/aromatic N) is 1. The van der Waals surface area contributed by atoms with Gasteiger partial charge in [-0.3, -0.25) is 14.7 Å². The average Bonchev–Trinajstić information content (AvgIpc) is 2.58. The number of rotatable bonds is 4. The Labute approximate surface area is 99.4 Å². The second-order valence-electron chi connectivity index (χ2n) is 4.21. The number of carboxylic acids is 1. The fourth-order valence-corrected chi connectivity index (χ4v) is 1.41. The van der Waals surface area contributed by atoms with Crippen LogP contribution in [0, 0.1) is 25.7 Å². The number of amides is 1. The molecule has 0 spiro atoms. The van der Waals surface area contributed by atoms with E-state index in [-0.39, 0.29) is 5.91 Å². The number of carbonyl (C=O) groups excluding carboxylic acids is 1. The molecular formula is C11H17N3O3. The Morgan fingerprint density at radius 2 is 1.88 bits per heavy atom. The van der Waals surface area contributed by atoms with E-state index in [4.69, 9.17) is 5.11 Å². The van der Waals surface area contributed by atoms with Gasteiger partial charge in [0.05, 0.1) is 23.0 Å². The summed E-state index contributed by atoms with van der Waals surface area (Å²) < 4.78 is 0. The smallest absolute Gasteiger partial charge is 0.307 e. The average molecular weight is 239 g/mol. The number of nitrogens with one attached hydrogen (secondary N) is 2. The van der Waals surface area contributed by atoms with Crippen LogP contribution in [0.4, 0.5) is 5.69 Å². The summed E-state index contributed by atoms with van der Waals surface area (Å²) in [6.45, 7) is 6.67. The number of carboxylic acid groups (broad SMARTS) is 1. The Balaban J connectivity index is 2.76. The summed E-state index contributed by atoms with van der Waals surface area (Å²) in [7, 11) is 0. The van der Waals surface area contributed by atoms with E-state index in [1.54, 1.807) is 20.8 Å². The van der Waals surface area contributed by atoms with Crippen LogP contribution in [0.15, 0.2) is 0 Å². The Kier molecular flexibility index (Phi) is 3.88. The van der Waals surface area contributed by atoms with Gasteiger partial charge in [-0.05, 0) is 13.8 Å². The maximum absolute atomic E-state index is 11.8. The lowest BCUT2D eigenvalue weighted by molar-refractivity contribution is -0.145. The van der Waals surface area contributed by atoms with E-state index in [9.17, 15) is 9.59 Å². The first-order valence-corrected chi connectivity index (χ1v) is 5.39. The van der Waals surface area contributed by atoms with Crippen LogP contribution in [0.3, 0.4) is 0 Å². The van der Waals surface area contributed by atoms with Gasteiger partial charge in [-0.1, -0.05) is 13.8 Å². The molecule has 0 aliphatic rings. The second-order valence-corrected chi connectivity index (χ2v) is 4.21. The van der Waals surface area contributed by atoms with Gasteiger partial charge in [0.1, 0.15) is 0 Å². The molecule has 6 heteroatoms. The van der Waals surface area contributed by atoms with Gasteiger partial charge in [0, 0.05) is 5.92 Å². The Hall–Kier alpha value is -1.85. The standard InChI is InChI=1S/C11H17N3O3/c1-5(6(2)11(16)17)10(15)12-9-7(3)13-14-8(9)4/h5-6H,1-4H3,(H,12,15)(H,13,14)(H,16,17). The number of anilines is 1. The molecule has 2 atom stereocenters. The lowest BCUT2D eigenvalue weighted by Gasteiger charge is -2.15. The monoisotopic (exact) mass is 239 g/mol. The predicted octanol–water partition coefficient (Wildman–Crippen LogP) is 1.32. The molecule has 1 heterocycles. The summed E-state index contributed by atoms with van der Waals surface area (Å²) in [4.78, 5) is 22.6. The summed E-state index contributed by atoms with van der Waals surface area (Å²) in [5.41, 5.74) is 2.07. The van der Waals surface area contributed by atoms with Gasteiger partial charge in [0.15, 0.2) is 0 Å². The predicted molar refractivity (Wildman–Crippen MR) is 62.7 cm³/mol. The molecular weight excluding hydrogens is 222 g/mol. The largest absolute Gasteiger partial charge is 0.481 e. The van der Waals surface area contributed by atoms with Crippen molar-refractivity contribution in [3.63, 3.8) is 0 Å². The Morgan fingerprint density at radius 1 is 1.29 bits per heavy atom. The van der Waals surface area contributed by atoms with Gasteiger partial charge < -0.3 is 10.4 Å². The van der Waals surface area contributed by atoms with Crippen LogP contribution in [0.2, 0.25) is 0 Å². The SMILES string of the molecule is Cc1n[nH]c(C)c1NC(=O)C(C)C(C)C(=O)O. The molecule has 2 unspecified atom stereocenters. The fraction of sp³-hybridized carbons (Fsp3) is 0.545. The van der Waals surface area contributed by atoms with Gasteiger partial charge in [0.2, 0.25) is 5.91 Å². The molecule has 94 valence electrons. The van der Waals surface area contributed by atoms with Crippen molar-refractivity contribution in [3.05, 3.63) is 11.4 Å². The minimum absolute atomic E-state index is 0.312. The van der Waals surface area contributed by atoms with Gasteiger partial charge >= 0.3 is 5.97 Å².